The first-order chi connectivity index (χ1) is 38.2. The van der Waals surface area contributed by atoms with Crippen molar-refractivity contribution in [3.8, 4) is 11.1 Å². The molecular formula is C61H81NO15. The second-order valence-corrected chi connectivity index (χ2v) is 17.7. The number of rotatable bonds is 45. The zero-order chi connectivity index (χ0) is 53.5. The quantitative estimate of drug-likeness (QED) is 0.0273. The highest BCUT2D eigenvalue weighted by molar-refractivity contribution is 5.79. The van der Waals surface area contributed by atoms with Gasteiger partial charge in [-0.1, -0.05) is 140 Å². The van der Waals surface area contributed by atoms with Crippen molar-refractivity contribution in [3.05, 3.63) is 167 Å². The third kappa shape index (κ3) is 22.3. The van der Waals surface area contributed by atoms with Crippen LogP contribution in [0.15, 0.2) is 140 Å². The molecule has 5 aromatic rings. The molecule has 0 atom stereocenters. The van der Waals surface area contributed by atoms with E-state index in [1.54, 1.807) is 7.05 Å². The van der Waals surface area contributed by atoms with E-state index in [4.69, 9.17) is 66.3 Å². The molecule has 5 aromatic carbocycles. The van der Waals surface area contributed by atoms with Crippen molar-refractivity contribution in [2.75, 3.05) is 185 Å². The lowest BCUT2D eigenvalue weighted by molar-refractivity contribution is -0.0399. The van der Waals surface area contributed by atoms with Crippen molar-refractivity contribution in [2.24, 2.45) is 0 Å². The molecule has 0 spiro atoms. The van der Waals surface area contributed by atoms with Crippen LogP contribution in [0.1, 0.15) is 33.7 Å². The summed E-state index contributed by atoms with van der Waals surface area (Å²) in [6.07, 6.45) is -0.368. The molecule has 0 aromatic heterocycles. The third-order valence-corrected chi connectivity index (χ3v) is 12.4. The summed E-state index contributed by atoms with van der Waals surface area (Å²) >= 11 is 0. The fraction of sp³-hybridized carbons (Fsp3) is 0.492. The molecule has 1 amide bonds. The zero-order valence-corrected chi connectivity index (χ0v) is 45.0. The Kier molecular flexibility index (Phi) is 30.5. The van der Waals surface area contributed by atoms with Gasteiger partial charge in [-0.2, -0.15) is 0 Å². The average Bonchev–Trinajstić information content (AvgIpc) is 3.83. The molecule has 0 saturated carbocycles. The maximum absolute atomic E-state index is 12.7. The molecule has 0 fully saturated rings. The maximum atomic E-state index is 12.7. The van der Waals surface area contributed by atoms with E-state index in [2.05, 4.69) is 60.7 Å². The van der Waals surface area contributed by atoms with Crippen molar-refractivity contribution < 1.29 is 71.1 Å². The zero-order valence-electron chi connectivity index (χ0n) is 45.0. The van der Waals surface area contributed by atoms with Gasteiger partial charge in [0.1, 0.15) is 12.2 Å². The molecule has 16 nitrogen and oxygen atoms in total. The molecule has 0 saturated heterocycles. The number of amides is 1. The highest BCUT2D eigenvalue weighted by Gasteiger charge is 2.37. The van der Waals surface area contributed by atoms with Gasteiger partial charge in [0.05, 0.1) is 165 Å². The van der Waals surface area contributed by atoms with Crippen LogP contribution in [-0.2, 0) is 71.9 Å². The minimum Gasteiger partial charge on any atom is -0.448 e. The highest BCUT2D eigenvalue weighted by Crippen LogP contribution is 2.44. The smallest absolute Gasteiger partial charge is 0.409 e. The minimum absolute atomic E-state index is 0.0319. The second-order valence-electron chi connectivity index (χ2n) is 17.7. The van der Waals surface area contributed by atoms with E-state index >= 15 is 0 Å². The van der Waals surface area contributed by atoms with Crippen LogP contribution in [-0.4, -0.2) is 196 Å². The summed E-state index contributed by atoms with van der Waals surface area (Å²) in [7, 11) is 1.71. The number of fused-ring (bicyclic) bond motifs is 3. The SMILES string of the molecule is CN(CCOCCOCCOCCOCCOCCOCCOCCOCCOCCOCCOCCOCCOC(c1ccccc1)(c1ccccc1)c1ccccc1)C(=O)OCC1c2ccccc2-c2ccccc21. The van der Waals surface area contributed by atoms with E-state index in [0.717, 1.165) is 16.7 Å². The predicted molar refractivity (Wildman–Crippen MR) is 293 cm³/mol. The van der Waals surface area contributed by atoms with E-state index in [9.17, 15) is 4.79 Å². The Labute approximate surface area is 455 Å². The molecule has 0 N–H and O–H groups in total. The summed E-state index contributed by atoms with van der Waals surface area (Å²) in [6.45, 7) is 12.3. The molecule has 420 valence electrons. The monoisotopic (exact) mass is 1070 g/mol. The Morgan fingerprint density at radius 3 is 0.922 bits per heavy atom. The summed E-state index contributed by atoms with van der Waals surface area (Å²) in [5.74, 6) is 0.0319. The lowest BCUT2D eigenvalue weighted by Gasteiger charge is -2.36. The Morgan fingerprint density at radius 2 is 0.610 bits per heavy atom. The van der Waals surface area contributed by atoms with Gasteiger partial charge >= 0.3 is 6.09 Å². The molecule has 0 aliphatic heterocycles. The van der Waals surface area contributed by atoms with Crippen molar-refractivity contribution in [3.63, 3.8) is 0 Å². The number of benzene rings is 5. The Balaban J connectivity index is 0.607. The van der Waals surface area contributed by atoms with Crippen LogP contribution >= 0.6 is 0 Å². The van der Waals surface area contributed by atoms with Crippen LogP contribution in [0.5, 0.6) is 0 Å². The standard InChI is InChI=1S/C61H81NO15/c1-62(60(63)76-51-59-57-23-13-11-21-55(57)56-22-12-14-24-58(56)59)25-26-64-27-28-65-29-30-66-31-32-67-33-34-68-35-36-69-37-38-70-39-40-71-41-42-72-43-44-73-45-46-74-47-48-75-49-50-77-61(52-15-5-2-6-16-52,53-17-7-3-8-18-53)54-19-9-4-10-20-54/h2-24,59H,25-51H2,1H3. The number of carbonyl (C=O) groups excluding carboxylic acids is 1. The summed E-state index contributed by atoms with van der Waals surface area (Å²) in [4.78, 5) is 14.2. The van der Waals surface area contributed by atoms with Crippen LogP contribution in [0.25, 0.3) is 11.1 Å². The summed E-state index contributed by atoms with van der Waals surface area (Å²) in [5, 5.41) is 0. The molecule has 0 radical (unpaired) electrons. The van der Waals surface area contributed by atoms with Crippen molar-refractivity contribution in [1.82, 2.24) is 4.90 Å². The average molecular weight is 1070 g/mol. The van der Waals surface area contributed by atoms with Gasteiger partial charge in [-0.15, -0.1) is 0 Å². The Morgan fingerprint density at radius 1 is 0.351 bits per heavy atom. The lowest BCUT2D eigenvalue weighted by Crippen LogP contribution is -2.34. The molecule has 6 rings (SSSR count). The third-order valence-electron chi connectivity index (χ3n) is 12.4. The summed E-state index contributed by atoms with van der Waals surface area (Å²) < 4.78 is 79.7. The number of hydrogen-bond acceptors (Lipinski definition) is 15. The van der Waals surface area contributed by atoms with Gasteiger partial charge in [-0.25, -0.2) is 4.79 Å². The van der Waals surface area contributed by atoms with Crippen molar-refractivity contribution in [1.29, 1.82) is 0 Å². The van der Waals surface area contributed by atoms with Crippen LogP contribution < -0.4 is 0 Å². The van der Waals surface area contributed by atoms with E-state index in [-0.39, 0.29) is 12.0 Å². The van der Waals surface area contributed by atoms with Gasteiger partial charge < -0.3 is 71.2 Å². The number of ether oxygens (including phenoxy) is 14. The van der Waals surface area contributed by atoms with E-state index in [1.165, 1.54) is 27.2 Å². The van der Waals surface area contributed by atoms with Crippen LogP contribution in [0, 0.1) is 0 Å². The first-order valence-corrected chi connectivity index (χ1v) is 27.0. The van der Waals surface area contributed by atoms with Crippen molar-refractivity contribution in [2.45, 2.75) is 11.5 Å². The van der Waals surface area contributed by atoms with Crippen LogP contribution in [0.2, 0.25) is 0 Å². The molecule has 16 heteroatoms. The number of nitrogens with zero attached hydrogens (tertiary/aromatic N) is 1. The van der Waals surface area contributed by atoms with E-state index < -0.39 is 5.60 Å². The summed E-state index contributed by atoms with van der Waals surface area (Å²) in [5.41, 5.74) is 7.21. The van der Waals surface area contributed by atoms with Crippen LogP contribution in [0.4, 0.5) is 4.79 Å². The van der Waals surface area contributed by atoms with Gasteiger partial charge in [-0.3, -0.25) is 0 Å². The maximum Gasteiger partial charge on any atom is 0.409 e. The largest absolute Gasteiger partial charge is 0.448 e. The van der Waals surface area contributed by atoms with Gasteiger partial charge in [0.25, 0.3) is 0 Å². The molecule has 0 bridgehead atoms. The van der Waals surface area contributed by atoms with Gasteiger partial charge in [-0.05, 0) is 38.9 Å². The second kappa shape index (κ2) is 38.4. The minimum atomic E-state index is -0.762. The first-order valence-electron chi connectivity index (χ1n) is 27.0. The molecule has 1 aliphatic carbocycles. The normalized spacial score (nSPS) is 12.2. The fourth-order valence-corrected chi connectivity index (χ4v) is 8.54. The fourth-order valence-electron chi connectivity index (χ4n) is 8.54. The Bertz CT molecular complexity index is 2120. The van der Waals surface area contributed by atoms with Crippen LogP contribution in [0.3, 0.4) is 0 Å². The molecule has 77 heavy (non-hydrogen) atoms. The van der Waals surface area contributed by atoms with Gasteiger partial charge in [0.15, 0.2) is 0 Å². The number of hydrogen-bond donors (Lipinski definition) is 0. The highest BCUT2D eigenvalue weighted by atomic mass is 16.6. The lowest BCUT2D eigenvalue weighted by atomic mass is 9.80. The molecule has 0 heterocycles. The topological polar surface area (TPSA) is 150 Å². The van der Waals surface area contributed by atoms with Crippen molar-refractivity contribution >= 4 is 6.09 Å². The summed E-state index contributed by atoms with van der Waals surface area (Å²) in [6, 6.07) is 47.6. The van der Waals surface area contributed by atoms with Gasteiger partial charge in [0.2, 0.25) is 0 Å². The number of carbonyl (C=O) groups is 1. The first kappa shape index (κ1) is 61.1. The molecule has 1 aliphatic rings. The molecule has 0 unspecified atom stereocenters. The molecular weight excluding hydrogens is 987 g/mol. The predicted octanol–water partition coefficient (Wildman–Crippen LogP) is 8.08. The van der Waals surface area contributed by atoms with E-state index in [1.807, 2.05) is 78.9 Å². The van der Waals surface area contributed by atoms with E-state index in [0.29, 0.717) is 178 Å². The number of likely N-dealkylation sites (N-methyl/N-ethyl adjacent to an activating group) is 1. The van der Waals surface area contributed by atoms with Gasteiger partial charge in [0, 0.05) is 19.5 Å². The Hall–Kier alpha value is -5.15.